The number of primary amides is 1. The minimum Gasteiger partial charge on any atom is -0.487 e. The first-order valence-electron chi connectivity index (χ1n) is 9.84. The van der Waals surface area contributed by atoms with Crippen LogP contribution in [-0.2, 0) is 22.6 Å². The van der Waals surface area contributed by atoms with E-state index >= 15 is 0 Å². The van der Waals surface area contributed by atoms with Crippen LogP contribution in [0.25, 0.3) is 10.9 Å². The number of amides is 2. The van der Waals surface area contributed by atoms with Crippen molar-refractivity contribution in [3.05, 3.63) is 70.4 Å². The highest BCUT2D eigenvalue weighted by atomic mass is 35.5. The number of fused-ring (bicyclic) bond motifs is 1. The van der Waals surface area contributed by atoms with Crippen LogP contribution in [0.3, 0.4) is 0 Å². The molecule has 160 valence electrons. The van der Waals surface area contributed by atoms with Crippen molar-refractivity contribution in [2.75, 3.05) is 0 Å². The van der Waals surface area contributed by atoms with Gasteiger partial charge in [-0.25, -0.2) is 5.48 Å². The molecule has 31 heavy (non-hydrogen) atoms. The van der Waals surface area contributed by atoms with Gasteiger partial charge in [-0.1, -0.05) is 35.9 Å². The Labute approximate surface area is 184 Å². The number of hydrogen-bond acceptors (Lipinski definition) is 5. The third kappa shape index (κ3) is 4.06. The van der Waals surface area contributed by atoms with Crippen LogP contribution in [0.5, 0.6) is 5.75 Å². The van der Waals surface area contributed by atoms with Gasteiger partial charge in [0, 0.05) is 16.6 Å². The maximum atomic E-state index is 12.0. The summed E-state index contributed by atoms with van der Waals surface area (Å²) < 4.78 is 5.96. The number of para-hydroxylation sites is 1. The Morgan fingerprint density at radius 1 is 1.29 bits per heavy atom. The van der Waals surface area contributed by atoms with Crippen molar-refractivity contribution in [3.63, 3.8) is 0 Å². The number of carbonyl (C=O) groups excluding carboxylic acids is 2. The molecule has 1 heterocycles. The molecule has 0 unspecified atom stereocenters. The van der Waals surface area contributed by atoms with Gasteiger partial charge in [0.25, 0.3) is 0 Å². The molecule has 4 rings (SSSR count). The molecular weight excluding hydrogens is 418 g/mol. The first kappa shape index (κ1) is 21.1. The lowest BCUT2D eigenvalue weighted by molar-refractivity contribution is -0.134. The largest absolute Gasteiger partial charge is 0.487 e. The van der Waals surface area contributed by atoms with E-state index in [2.05, 4.69) is 4.98 Å². The maximum absolute atomic E-state index is 12.0. The highest BCUT2D eigenvalue weighted by Crippen LogP contribution is 2.55. The summed E-state index contributed by atoms with van der Waals surface area (Å²) in [5, 5.41) is 10.3. The molecule has 2 aromatic carbocycles. The van der Waals surface area contributed by atoms with Crippen LogP contribution in [-0.4, -0.2) is 22.0 Å². The topological polar surface area (TPSA) is 115 Å². The third-order valence-corrected chi connectivity index (χ3v) is 6.12. The Morgan fingerprint density at radius 3 is 2.77 bits per heavy atom. The molecular formula is C23H22ClN3O4. The second-order valence-electron chi connectivity index (χ2n) is 7.92. The molecule has 0 radical (unpaired) electrons. The van der Waals surface area contributed by atoms with E-state index in [-0.39, 0.29) is 6.42 Å². The molecule has 0 saturated heterocycles. The van der Waals surface area contributed by atoms with Crippen molar-refractivity contribution in [2.24, 2.45) is 17.1 Å². The number of halogens is 1. The van der Waals surface area contributed by atoms with Gasteiger partial charge in [0.1, 0.15) is 12.4 Å². The van der Waals surface area contributed by atoms with E-state index in [4.69, 9.17) is 27.3 Å². The highest BCUT2D eigenvalue weighted by Gasteiger charge is 2.62. The lowest BCUT2D eigenvalue weighted by Crippen LogP contribution is -2.33. The number of hydroxylamine groups is 1. The molecule has 2 amide bonds. The van der Waals surface area contributed by atoms with E-state index in [0.717, 1.165) is 27.7 Å². The molecule has 8 heteroatoms. The summed E-state index contributed by atoms with van der Waals surface area (Å²) >= 11 is 6.43. The van der Waals surface area contributed by atoms with Gasteiger partial charge in [0.2, 0.25) is 11.8 Å². The number of pyridine rings is 1. The lowest BCUT2D eigenvalue weighted by Gasteiger charge is -2.15. The molecule has 1 aliphatic rings. The fourth-order valence-electron chi connectivity index (χ4n) is 4.09. The van der Waals surface area contributed by atoms with Crippen molar-refractivity contribution >= 4 is 34.3 Å². The first-order valence-corrected chi connectivity index (χ1v) is 10.2. The van der Waals surface area contributed by atoms with Crippen LogP contribution in [0, 0.1) is 18.3 Å². The Morgan fingerprint density at radius 2 is 2.06 bits per heavy atom. The lowest BCUT2D eigenvalue weighted by atomic mass is 9.93. The Kier molecular flexibility index (Phi) is 5.56. The van der Waals surface area contributed by atoms with E-state index in [1.807, 2.05) is 37.3 Å². The SMILES string of the molecule is Cc1cc(COc2ccc(C[C@]3(C(N)=O)C[C@@H]3C(=O)NO)cc2Cl)c2ccccc2n1. The van der Waals surface area contributed by atoms with Crippen molar-refractivity contribution in [1.29, 1.82) is 0 Å². The summed E-state index contributed by atoms with van der Waals surface area (Å²) in [5.74, 6) is -1.31. The number of ether oxygens (including phenoxy) is 1. The van der Waals surface area contributed by atoms with Gasteiger partial charge in [-0.3, -0.25) is 19.8 Å². The number of benzene rings is 2. The minimum absolute atomic E-state index is 0.259. The number of nitrogens with zero attached hydrogens (tertiary/aromatic N) is 1. The maximum Gasteiger partial charge on any atom is 0.247 e. The summed E-state index contributed by atoms with van der Waals surface area (Å²) in [4.78, 5) is 28.2. The predicted octanol–water partition coefficient (Wildman–Crippen LogP) is 3.32. The molecule has 1 saturated carbocycles. The van der Waals surface area contributed by atoms with Gasteiger partial charge >= 0.3 is 0 Å². The van der Waals surface area contributed by atoms with Crippen molar-refractivity contribution in [3.8, 4) is 5.75 Å². The zero-order valence-electron chi connectivity index (χ0n) is 16.9. The minimum atomic E-state index is -1.01. The van der Waals surface area contributed by atoms with Crippen LogP contribution >= 0.6 is 11.6 Å². The number of nitrogens with one attached hydrogen (secondary N) is 1. The predicted molar refractivity (Wildman–Crippen MR) is 116 cm³/mol. The number of carbonyl (C=O) groups is 2. The standard InChI is InChI=1S/C23H22ClN3O4/c1-13-8-15(16-4-2-3-5-19(16)26-13)12-31-20-7-6-14(9-18(20)24)10-23(22(25)29)11-17(23)21(28)27-30/h2-9,17,30H,10-12H2,1H3,(H2,25,29)(H,27,28)/t17-,23+/m1/s1. The summed E-state index contributed by atoms with van der Waals surface area (Å²) in [7, 11) is 0. The monoisotopic (exact) mass is 439 g/mol. The second kappa shape index (κ2) is 8.17. The average Bonchev–Trinajstić information content (AvgIpc) is 3.48. The smallest absolute Gasteiger partial charge is 0.247 e. The normalized spacial score (nSPS) is 19.8. The number of aryl methyl sites for hydroxylation is 1. The van der Waals surface area contributed by atoms with Gasteiger partial charge in [-0.15, -0.1) is 0 Å². The quantitative estimate of drug-likeness (QED) is 0.386. The van der Waals surface area contributed by atoms with Gasteiger partial charge in [0.15, 0.2) is 0 Å². The van der Waals surface area contributed by atoms with Crippen molar-refractivity contribution in [1.82, 2.24) is 10.5 Å². The molecule has 0 bridgehead atoms. The average molecular weight is 440 g/mol. The molecule has 7 nitrogen and oxygen atoms in total. The fourth-order valence-corrected chi connectivity index (χ4v) is 4.34. The van der Waals surface area contributed by atoms with Crippen LogP contribution in [0.1, 0.15) is 23.2 Å². The summed E-state index contributed by atoms with van der Waals surface area (Å²) in [6, 6.07) is 15.1. The molecule has 0 spiro atoms. The van der Waals surface area contributed by atoms with E-state index in [9.17, 15) is 9.59 Å². The van der Waals surface area contributed by atoms with Crippen molar-refractivity contribution in [2.45, 2.75) is 26.4 Å². The Balaban J connectivity index is 1.50. The summed E-state index contributed by atoms with van der Waals surface area (Å²) in [6.07, 6.45) is 0.549. The van der Waals surface area contributed by atoms with Gasteiger partial charge in [0.05, 0.1) is 21.9 Å². The Bertz CT molecular complexity index is 1180. The zero-order chi connectivity index (χ0) is 22.2. The molecule has 0 aliphatic heterocycles. The molecule has 1 aliphatic carbocycles. The van der Waals surface area contributed by atoms with Crippen molar-refractivity contribution < 1.29 is 19.5 Å². The summed E-state index contributed by atoms with van der Waals surface area (Å²) in [6.45, 7) is 2.27. The van der Waals surface area contributed by atoms with Crippen LogP contribution in [0.2, 0.25) is 5.02 Å². The highest BCUT2D eigenvalue weighted by molar-refractivity contribution is 6.32. The van der Waals surface area contributed by atoms with Crippen LogP contribution in [0.15, 0.2) is 48.5 Å². The van der Waals surface area contributed by atoms with Gasteiger partial charge in [-0.05, 0) is 49.6 Å². The fraction of sp³-hybridized carbons (Fsp3) is 0.261. The molecule has 2 atom stereocenters. The van der Waals surface area contributed by atoms with Gasteiger partial charge in [-0.2, -0.15) is 0 Å². The first-order chi connectivity index (χ1) is 14.8. The number of aromatic nitrogens is 1. The zero-order valence-corrected chi connectivity index (χ0v) is 17.6. The second-order valence-corrected chi connectivity index (χ2v) is 8.33. The third-order valence-electron chi connectivity index (χ3n) is 5.82. The van der Waals surface area contributed by atoms with Crippen LogP contribution < -0.4 is 16.0 Å². The Hall–Kier alpha value is -3.16. The van der Waals surface area contributed by atoms with E-state index < -0.39 is 23.1 Å². The number of nitrogens with two attached hydrogens (primary N) is 1. The van der Waals surface area contributed by atoms with E-state index in [1.54, 1.807) is 23.7 Å². The number of hydrogen-bond donors (Lipinski definition) is 3. The van der Waals surface area contributed by atoms with Gasteiger partial charge < -0.3 is 10.5 Å². The van der Waals surface area contributed by atoms with Crippen LogP contribution in [0.4, 0.5) is 0 Å². The van der Waals surface area contributed by atoms with E-state index in [1.165, 1.54) is 0 Å². The summed E-state index contributed by atoms with van der Waals surface area (Å²) in [5.41, 5.74) is 9.70. The molecule has 1 aromatic heterocycles. The number of rotatable bonds is 7. The van der Waals surface area contributed by atoms with E-state index in [0.29, 0.717) is 23.8 Å². The molecule has 4 N–H and O–H groups in total. The molecule has 3 aromatic rings. The molecule has 1 fully saturated rings.